The van der Waals surface area contributed by atoms with Crippen molar-refractivity contribution < 1.29 is 4.74 Å². The molecule has 0 N–H and O–H groups in total. The summed E-state index contributed by atoms with van der Waals surface area (Å²) >= 11 is 12.2. The Hall–Kier alpha value is -1.96. The van der Waals surface area contributed by atoms with Crippen LogP contribution in [0.5, 0.6) is 11.5 Å². The molecule has 3 aromatic carbocycles. The number of ether oxygens (including phenoxy) is 1. The van der Waals surface area contributed by atoms with Gasteiger partial charge in [0.15, 0.2) is 0 Å². The molecule has 0 unspecified atom stereocenters. The number of rotatable bonds is 3. The predicted octanol–water partition coefficient (Wildman–Crippen LogP) is 6.45. The van der Waals surface area contributed by atoms with Crippen molar-refractivity contribution in [1.82, 2.24) is 0 Å². The van der Waals surface area contributed by atoms with E-state index in [4.69, 9.17) is 27.9 Å². The zero-order chi connectivity index (χ0) is 14.7. The van der Waals surface area contributed by atoms with Crippen LogP contribution in [0.15, 0.2) is 72.8 Å². The highest BCUT2D eigenvalue weighted by atomic mass is 35.5. The molecule has 0 spiro atoms. The summed E-state index contributed by atoms with van der Waals surface area (Å²) in [6, 6.07) is 22.9. The molecule has 104 valence electrons. The monoisotopic (exact) mass is 314 g/mol. The fourth-order valence-electron chi connectivity index (χ4n) is 2.08. The molecule has 0 aliphatic heterocycles. The Balaban J connectivity index is 1.97. The van der Waals surface area contributed by atoms with Crippen LogP contribution < -0.4 is 4.74 Å². The van der Waals surface area contributed by atoms with E-state index < -0.39 is 0 Å². The largest absolute Gasteiger partial charge is 0.457 e. The van der Waals surface area contributed by atoms with Gasteiger partial charge in [-0.3, -0.25) is 0 Å². The second kappa shape index (κ2) is 6.21. The van der Waals surface area contributed by atoms with Crippen molar-refractivity contribution >= 4 is 23.2 Å². The average molecular weight is 315 g/mol. The molecule has 3 aromatic rings. The number of benzene rings is 3. The van der Waals surface area contributed by atoms with Crippen molar-refractivity contribution in [2.24, 2.45) is 0 Å². The summed E-state index contributed by atoms with van der Waals surface area (Å²) in [5, 5.41) is 1.32. The molecule has 0 amide bonds. The Morgan fingerprint density at radius 1 is 0.571 bits per heavy atom. The lowest BCUT2D eigenvalue weighted by Crippen LogP contribution is -1.86. The molecule has 0 radical (unpaired) electrons. The molecule has 0 saturated heterocycles. The van der Waals surface area contributed by atoms with E-state index in [1.54, 1.807) is 6.07 Å². The van der Waals surface area contributed by atoms with Gasteiger partial charge in [0.1, 0.15) is 11.5 Å². The highest BCUT2D eigenvalue weighted by Gasteiger charge is 2.05. The molecule has 0 aliphatic rings. The van der Waals surface area contributed by atoms with E-state index in [1.165, 1.54) is 0 Å². The van der Waals surface area contributed by atoms with Gasteiger partial charge in [0.05, 0.1) is 0 Å². The smallest absolute Gasteiger partial charge is 0.129 e. The van der Waals surface area contributed by atoms with Gasteiger partial charge in [-0.15, -0.1) is 0 Å². The molecule has 0 atom stereocenters. The molecule has 3 rings (SSSR count). The first-order valence-corrected chi connectivity index (χ1v) is 7.26. The third-order valence-corrected chi connectivity index (χ3v) is 3.46. The van der Waals surface area contributed by atoms with Crippen molar-refractivity contribution in [3.05, 3.63) is 82.8 Å². The first-order valence-electron chi connectivity index (χ1n) is 6.50. The van der Waals surface area contributed by atoms with Crippen LogP contribution in [0.1, 0.15) is 0 Å². The molecule has 0 heterocycles. The Morgan fingerprint density at radius 2 is 1.33 bits per heavy atom. The van der Waals surface area contributed by atoms with Crippen molar-refractivity contribution in [2.45, 2.75) is 0 Å². The number of halogens is 2. The van der Waals surface area contributed by atoms with Gasteiger partial charge < -0.3 is 4.74 Å². The molecule has 1 nitrogen and oxygen atoms in total. The van der Waals surface area contributed by atoms with Crippen LogP contribution in [0.3, 0.4) is 0 Å². The number of hydrogen-bond acceptors (Lipinski definition) is 1. The maximum atomic E-state index is 6.19. The van der Waals surface area contributed by atoms with Gasteiger partial charge in [-0.05, 0) is 53.6 Å². The van der Waals surface area contributed by atoms with Gasteiger partial charge in [-0.25, -0.2) is 0 Å². The molecule has 0 bridgehead atoms. The maximum absolute atomic E-state index is 6.19. The van der Waals surface area contributed by atoms with Gasteiger partial charge in [0.25, 0.3) is 0 Å². The third-order valence-electron chi connectivity index (χ3n) is 3.01. The van der Waals surface area contributed by atoms with E-state index in [0.717, 1.165) is 16.9 Å². The minimum atomic E-state index is 0.624. The molecule has 0 saturated carbocycles. The Morgan fingerprint density at radius 3 is 2.10 bits per heavy atom. The lowest BCUT2D eigenvalue weighted by atomic mass is 10.1. The van der Waals surface area contributed by atoms with Crippen LogP contribution in [-0.2, 0) is 0 Å². The van der Waals surface area contributed by atoms with E-state index in [9.17, 15) is 0 Å². The topological polar surface area (TPSA) is 9.23 Å². The highest BCUT2D eigenvalue weighted by Crippen LogP contribution is 2.32. The normalized spacial score (nSPS) is 10.4. The SMILES string of the molecule is Clc1cccc(-c2cc(Cl)cc(Oc3ccccc3)c2)c1. The highest BCUT2D eigenvalue weighted by molar-refractivity contribution is 6.31. The van der Waals surface area contributed by atoms with E-state index in [0.29, 0.717) is 15.8 Å². The summed E-state index contributed by atoms with van der Waals surface area (Å²) < 4.78 is 5.83. The van der Waals surface area contributed by atoms with Crippen LogP contribution in [-0.4, -0.2) is 0 Å². The van der Waals surface area contributed by atoms with E-state index in [1.807, 2.05) is 66.7 Å². The molecule has 0 aliphatic carbocycles. The minimum Gasteiger partial charge on any atom is -0.457 e. The van der Waals surface area contributed by atoms with Crippen molar-refractivity contribution in [1.29, 1.82) is 0 Å². The van der Waals surface area contributed by atoms with E-state index in [-0.39, 0.29) is 0 Å². The summed E-state index contributed by atoms with van der Waals surface area (Å²) in [6.07, 6.45) is 0. The van der Waals surface area contributed by atoms with Crippen molar-refractivity contribution in [3.63, 3.8) is 0 Å². The van der Waals surface area contributed by atoms with E-state index >= 15 is 0 Å². The lowest BCUT2D eigenvalue weighted by Gasteiger charge is -2.09. The standard InChI is InChI=1S/C18H12Cl2O/c19-15-6-4-5-13(9-15)14-10-16(20)12-18(11-14)21-17-7-2-1-3-8-17/h1-12H. The first-order chi connectivity index (χ1) is 10.2. The zero-order valence-corrected chi connectivity index (χ0v) is 12.6. The first kappa shape index (κ1) is 14.0. The van der Waals surface area contributed by atoms with Crippen LogP contribution in [0.4, 0.5) is 0 Å². The van der Waals surface area contributed by atoms with Gasteiger partial charge in [-0.2, -0.15) is 0 Å². The Labute approximate surface area is 133 Å². The molecule has 0 fully saturated rings. The lowest BCUT2D eigenvalue weighted by molar-refractivity contribution is 0.483. The minimum absolute atomic E-state index is 0.624. The van der Waals surface area contributed by atoms with Crippen molar-refractivity contribution in [3.8, 4) is 22.6 Å². The molecular formula is C18H12Cl2O. The van der Waals surface area contributed by atoms with E-state index in [2.05, 4.69) is 0 Å². The second-order valence-electron chi connectivity index (χ2n) is 4.60. The average Bonchev–Trinajstić information content (AvgIpc) is 2.48. The summed E-state index contributed by atoms with van der Waals surface area (Å²) in [4.78, 5) is 0. The van der Waals surface area contributed by atoms with Crippen molar-refractivity contribution in [2.75, 3.05) is 0 Å². The van der Waals surface area contributed by atoms with Crippen LogP contribution in [0.2, 0.25) is 10.0 Å². The molecule has 3 heteroatoms. The predicted molar refractivity (Wildman–Crippen MR) is 88.4 cm³/mol. The molecule has 21 heavy (non-hydrogen) atoms. The fourth-order valence-corrected chi connectivity index (χ4v) is 2.50. The van der Waals surface area contributed by atoms with Crippen LogP contribution in [0.25, 0.3) is 11.1 Å². The summed E-state index contributed by atoms with van der Waals surface area (Å²) in [5.41, 5.74) is 1.97. The number of hydrogen-bond donors (Lipinski definition) is 0. The Kier molecular flexibility index (Phi) is 4.14. The Bertz CT molecular complexity index is 754. The zero-order valence-electron chi connectivity index (χ0n) is 11.1. The van der Waals surface area contributed by atoms with Gasteiger partial charge in [0, 0.05) is 10.0 Å². The molecule has 0 aromatic heterocycles. The molecular weight excluding hydrogens is 303 g/mol. The second-order valence-corrected chi connectivity index (χ2v) is 5.47. The van der Waals surface area contributed by atoms with Gasteiger partial charge in [0.2, 0.25) is 0 Å². The third kappa shape index (κ3) is 3.57. The fraction of sp³-hybridized carbons (Fsp3) is 0. The maximum Gasteiger partial charge on any atom is 0.129 e. The summed E-state index contributed by atoms with van der Waals surface area (Å²) in [5.74, 6) is 1.47. The quantitative estimate of drug-likeness (QED) is 0.539. The van der Waals surface area contributed by atoms with Gasteiger partial charge >= 0.3 is 0 Å². The summed E-state index contributed by atoms with van der Waals surface area (Å²) in [6.45, 7) is 0. The number of para-hydroxylation sites is 1. The summed E-state index contributed by atoms with van der Waals surface area (Å²) in [7, 11) is 0. The van der Waals surface area contributed by atoms with Gasteiger partial charge in [-0.1, -0.05) is 53.5 Å². The van der Waals surface area contributed by atoms with Crippen LogP contribution >= 0.6 is 23.2 Å². The van der Waals surface area contributed by atoms with Crippen LogP contribution in [0, 0.1) is 0 Å².